The Balaban J connectivity index is 1.08. The second-order valence-corrected chi connectivity index (χ2v) is 16.2. The predicted octanol–water partition coefficient (Wildman–Crippen LogP) is 15.3. The van der Waals surface area contributed by atoms with E-state index in [-0.39, 0.29) is 0 Å². The van der Waals surface area contributed by atoms with E-state index in [0.29, 0.717) is 17.5 Å². The number of hydrogen-bond acceptors (Lipinski definition) is 5. The summed E-state index contributed by atoms with van der Waals surface area (Å²) in [5.41, 5.74) is 11.4. The van der Waals surface area contributed by atoms with E-state index in [2.05, 4.69) is 176 Å². The van der Waals surface area contributed by atoms with E-state index < -0.39 is 0 Å². The van der Waals surface area contributed by atoms with E-state index in [0.717, 1.165) is 66.1 Å². The Morgan fingerprint density at radius 2 is 0.850 bits per heavy atom. The minimum atomic E-state index is 0.581. The Morgan fingerprint density at radius 3 is 1.62 bits per heavy atom. The maximum Gasteiger partial charge on any atom is 0.164 e. The van der Waals surface area contributed by atoms with Crippen LogP contribution in [0.4, 0.5) is 0 Å². The molecule has 9 aromatic carbocycles. The van der Waals surface area contributed by atoms with Gasteiger partial charge < -0.3 is 4.42 Å². The third-order valence-corrected chi connectivity index (χ3v) is 12.8. The molecule has 4 nitrogen and oxygen atoms in total. The third-order valence-electron chi connectivity index (χ3n) is 11.5. The van der Waals surface area contributed by atoms with Gasteiger partial charge in [-0.1, -0.05) is 164 Å². The normalized spacial score (nSPS) is 11.7. The van der Waals surface area contributed by atoms with Gasteiger partial charge in [0.05, 0.1) is 0 Å². The number of thiophene rings is 1. The molecule has 0 aliphatic rings. The summed E-state index contributed by atoms with van der Waals surface area (Å²) < 4.78 is 8.90. The van der Waals surface area contributed by atoms with Crippen LogP contribution in [0, 0.1) is 0 Å². The average Bonchev–Trinajstić information content (AvgIpc) is 3.90. The summed E-state index contributed by atoms with van der Waals surface area (Å²) in [4.78, 5) is 15.8. The molecule has 0 bridgehead atoms. The van der Waals surface area contributed by atoms with Crippen LogP contribution in [0.3, 0.4) is 0 Å². The van der Waals surface area contributed by atoms with Crippen LogP contribution in [0.15, 0.2) is 205 Å². The first-order valence-corrected chi connectivity index (χ1v) is 20.9. The van der Waals surface area contributed by atoms with Gasteiger partial charge >= 0.3 is 0 Å². The van der Waals surface area contributed by atoms with Crippen LogP contribution in [0.1, 0.15) is 0 Å². The second-order valence-electron chi connectivity index (χ2n) is 15.1. The van der Waals surface area contributed by atoms with Crippen LogP contribution in [0.2, 0.25) is 0 Å². The van der Waals surface area contributed by atoms with E-state index in [1.807, 2.05) is 35.6 Å². The fourth-order valence-electron chi connectivity index (χ4n) is 8.63. The van der Waals surface area contributed by atoms with Crippen molar-refractivity contribution in [2.45, 2.75) is 0 Å². The Kier molecular flexibility index (Phi) is 8.00. The summed E-state index contributed by atoms with van der Waals surface area (Å²) in [6.07, 6.45) is 0. The molecule has 280 valence electrons. The molecule has 12 rings (SSSR count). The smallest absolute Gasteiger partial charge is 0.164 e. The molecule has 0 aliphatic carbocycles. The van der Waals surface area contributed by atoms with Gasteiger partial charge in [0.15, 0.2) is 17.5 Å². The van der Waals surface area contributed by atoms with E-state index in [9.17, 15) is 0 Å². The van der Waals surface area contributed by atoms with Gasteiger partial charge in [-0.3, -0.25) is 0 Å². The lowest BCUT2D eigenvalue weighted by Crippen LogP contribution is -2.01. The van der Waals surface area contributed by atoms with Crippen molar-refractivity contribution in [2.75, 3.05) is 0 Å². The first-order valence-electron chi connectivity index (χ1n) is 20.1. The van der Waals surface area contributed by atoms with Crippen molar-refractivity contribution in [1.82, 2.24) is 15.0 Å². The molecule has 12 aromatic rings. The molecule has 0 saturated carbocycles. The van der Waals surface area contributed by atoms with Gasteiger partial charge in [-0.15, -0.1) is 11.3 Å². The fourth-order valence-corrected chi connectivity index (χ4v) is 10.0. The molecule has 0 spiro atoms. The van der Waals surface area contributed by atoms with E-state index in [1.165, 1.54) is 36.9 Å². The number of para-hydroxylation sites is 1. The number of fused-ring (bicyclic) bond motifs is 7. The molecule has 5 heteroatoms. The summed E-state index contributed by atoms with van der Waals surface area (Å²) in [6.45, 7) is 0. The Morgan fingerprint density at radius 1 is 0.300 bits per heavy atom. The molecule has 60 heavy (non-hydrogen) atoms. The fraction of sp³-hybridized carbons (Fsp3) is 0. The highest BCUT2D eigenvalue weighted by Crippen LogP contribution is 2.45. The van der Waals surface area contributed by atoms with Gasteiger partial charge in [0.1, 0.15) is 11.2 Å². The topological polar surface area (TPSA) is 51.8 Å². The van der Waals surface area contributed by atoms with Crippen LogP contribution >= 0.6 is 11.3 Å². The van der Waals surface area contributed by atoms with E-state index in [1.54, 1.807) is 0 Å². The van der Waals surface area contributed by atoms with Crippen molar-refractivity contribution in [3.8, 4) is 67.5 Å². The molecule has 3 aromatic heterocycles. The minimum absolute atomic E-state index is 0.581. The average molecular weight is 784 g/mol. The predicted molar refractivity (Wildman–Crippen MR) is 250 cm³/mol. The zero-order chi connectivity index (χ0) is 39.6. The van der Waals surface area contributed by atoms with Crippen LogP contribution in [-0.2, 0) is 0 Å². The van der Waals surface area contributed by atoms with Gasteiger partial charge in [-0.05, 0) is 80.6 Å². The molecule has 0 aliphatic heterocycles. The van der Waals surface area contributed by atoms with Crippen LogP contribution in [-0.4, -0.2) is 15.0 Å². The van der Waals surface area contributed by atoms with Gasteiger partial charge in [-0.25, -0.2) is 15.0 Å². The zero-order valence-electron chi connectivity index (χ0n) is 32.2. The highest BCUT2D eigenvalue weighted by atomic mass is 32.1. The molecule has 0 N–H and O–H groups in total. The molecule has 0 atom stereocenters. The largest absolute Gasteiger partial charge is 0.456 e. The monoisotopic (exact) mass is 783 g/mol. The standard InChI is InChI=1S/C55H33N3OS/c1-3-14-34(15-4-1)36-19-11-20-38(30-36)53-56-54(39-28-29-45-44-22-9-10-27-49(44)59-50(45)33-39)58-55(57-53)48-32-40(31-37-18-7-8-21-41(37)48)43-24-13-26-47-46-25-12-23-42(51(46)60-52(43)47)35-16-5-2-6-17-35/h1-33H. The maximum absolute atomic E-state index is 6.35. The summed E-state index contributed by atoms with van der Waals surface area (Å²) in [6, 6.07) is 70.4. The van der Waals surface area contributed by atoms with Crippen molar-refractivity contribution < 1.29 is 4.42 Å². The highest BCUT2D eigenvalue weighted by Gasteiger charge is 2.19. The molecular weight excluding hydrogens is 751 g/mol. The summed E-state index contributed by atoms with van der Waals surface area (Å²) in [7, 11) is 0. The first-order chi connectivity index (χ1) is 29.7. The summed E-state index contributed by atoms with van der Waals surface area (Å²) in [5.74, 6) is 1.79. The zero-order valence-corrected chi connectivity index (χ0v) is 33.0. The number of nitrogens with zero attached hydrogens (tertiary/aromatic N) is 3. The van der Waals surface area contributed by atoms with Gasteiger partial charge in [-0.2, -0.15) is 0 Å². The van der Waals surface area contributed by atoms with Crippen LogP contribution in [0.25, 0.3) is 120 Å². The van der Waals surface area contributed by atoms with E-state index in [4.69, 9.17) is 19.4 Å². The molecule has 0 saturated heterocycles. The number of benzene rings is 9. The van der Waals surface area contributed by atoms with Crippen molar-refractivity contribution in [2.24, 2.45) is 0 Å². The minimum Gasteiger partial charge on any atom is -0.456 e. The molecule has 0 radical (unpaired) electrons. The van der Waals surface area contributed by atoms with Crippen molar-refractivity contribution in [3.05, 3.63) is 200 Å². The van der Waals surface area contributed by atoms with Crippen molar-refractivity contribution in [1.29, 1.82) is 0 Å². The van der Waals surface area contributed by atoms with Gasteiger partial charge in [0.25, 0.3) is 0 Å². The van der Waals surface area contributed by atoms with Crippen LogP contribution < -0.4 is 0 Å². The lowest BCUT2D eigenvalue weighted by atomic mass is 9.95. The van der Waals surface area contributed by atoms with Crippen molar-refractivity contribution in [3.63, 3.8) is 0 Å². The van der Waals surface area contributed by atoms with E-state index >= 15 is 0 Å². The number of hydrogen-bond donors (Lipinski definition) is 0. The number of furan rings is 1. The van der Waals surface area contributed by atoms with Gasteiger partial charge in [0, 0.05) is 47.6 Å². The van der Waals surface area contributed by atoms with Crippen LogP contribution in [0.5, 0.6) is 0 Å². The Labute approximate surface area is 349 Å². The first kappa shape index (κ1) is 34.3. The molecule has 0 unspecified atom stereocenters. The summed E-state index contributed by atoms with van der Waals surface area (Å²) >= 11 is 1.86. The quantitative estimate of drug-likeness (QED) is 0.169. The Hall–Kier alpha value is -7.73. The number of rotatable bonds is 6. The second kappa shape index (κ2) is 14.0. The number of aromatic nitrogens is 3. The third kappa shape index (κ3) is 5.78. The highest BCUT2D eigenvalue weighted by molar-refractivity contribution is 7.26. The maximum atomic E-state index is 6.35. The molecule has 3 heterocycles. The van der Waals surface area contributed by atoms with Gasteiger partial charge in [0.2, 0.25) is 0 Å². The lowest BCUT2D eigenvalue weighted by molar-refractivity contribution is 0.669. The summed E-state index contributed by atoms with van der Waals surface area (Å²) in [5, 5.41) is 6.86. The molecule has 0 fully saturated rings. The molecular formula is C55H33N3OS. The molecule has 0 amide bonds. The SMILES string of the molecule is c1ccc(-c2cccc(-c3nc(-c4ccc5c(c4)oc4ccccc45)nc(-c4cc(-c5cccc6c5sc5c(-c7ccccc7)cccc56)cc5ccccc45)n3)c2)cc1. The van der Waals surface area contributed by atoms with Crippen molar-refractivity contribution >= 4 is 64.2 Å². The Bertz CT molecular complexity index is 3610. The lowest BCUT2D eigenvalue weighted by Gasteiger charge is -2.13.